The van der Waals surface area contributed by atoms with Crippen molar-refractivity contribution in [3.63, 3.8) is 0 Å². The van der Waals surface area contributed by atoms with E-state index in [1.165, 1.54) is 17.8 Å². The van der Waals surface area contributed by atoms with Gasteiger partial charge in [0.2, 0.25) is 5.16 Å². The standard InChI is InChI=1S/C12H14FN5S/c13-11-5-8(6-14)1-2-9(11)7-19-12-15-16-17-18(12)10-3-4-10/h1-2,5,10H,3-4,6-7,14H2. The van der Waals surface area contributed by atoms with Crippen molar-refractivity contribution in [1.82, 2.24) is 20.2 Å². The third-order valence-electron chi connectivity index (χ3n) is 3.07. The van der Waals surface area contributed by atoms with Gasteiger partial charge in [0.25, 0.3) is 0 Å². The molecule has 1 fully saturated rings. The molecule has 0 saturated heterocycles. The summed E-state index contributed by atoms with van der Waals surface area (Å²) in [5.41, 5.74) is 6.92. The van der Waals surface area contributed by atoms with E-state index in [4.69, 9.17) is 5.73 Å². The van der Waals surface area contributed by atoms with Crippen molar-refractivity contribution < 1.29 is 4.39 Å². The van der Waals surface area contributed by atoms with Crippen molar-refractivity contribution in [2.45, 2.75) is 36.3 Å². The van der Waals surface area contributed by atoms with Gasteiger partial charge in [0, 0.05) is 12.3 Å². The van der Waals surface area contributed by atoms with E-state index in [9.17, 15) is 4.39 Å². The highest BCUT2D eigenvalue weighted by Gasteiger charge is 2.27. The summed E-state index contributed by atoms with van der Waals surface area (Å²) in [5.74, 6) is 0.296. The van der Waals surface area contributed by atoms with Crippen LogP contribution in [-0.4, -0.2) is 20.2 Å². The second kappa shape index (κ2) is 5.26. The lowest BCUT2D eigenvalue weighted by Gasteiger charge is -2.05. The van der Waals surface area contributed by atoms with Gasteiger partial charge in [-0.2, -0.15) is 0 Å². The van der Waals surface area contributed by atoms with Crippen LogP contribution in [0.25, 0.3) is 0 Å². The fourth-order valence-electron chi connectivity index (χ4n) is 1.81. The van der Waals surface area contributed by atoms with Crippen molar-refractivity contribution in [3.8, 4) is 0 Å². The first-order chi connectivity index (χ1) is 9.28. The summed E-state index contributed by atoms with van der Waals surface area (Å²) in [7, 11) is 0. The van der Waals surface area contributed by atoms with Gasteiger partial charge in [-0.15, -0.1) is 5.10 Å². The molecule has 1 saturated carbocycles. The van der Waals surface area contributed by atoms with Crippen molar-refractivity contribution in [2.24, 2.45) is 5.73 Å². The van der Waals surface area contributed by atoms with Gasteiger partial charge in [-0.05, 0) is 40.5 Å². The highest BCUT2D eigenvalue weighted by molar-refractivity contribution is 7.98. The Morgan fingerprint density at radius 1 is 1.42 bits per heavy atom. The predicted molar refractivity (Wildman–Crippen MR) is 69.9 cm³/mol. The van der Waals surface area contributed by atoms with Crippen LogP contribution < -0.4 is 5.73 Å². The molecule has 3 rings (SSSR count). The lowest BCUT2D eigenvalue weighted by atomic mass is 10.1. The number of nitrogens with zero attached hydrogens (tertiary/aromatic N) is 4. The molecule has 0 aliphatic heterocycles. The molecule has 2 N–H and O–H groups in total. The molecule has 1 heterocycles. The van der Waals surface area contributed by atoms with E-state index in [2.05, 4.69) is 15.5 Å². The molecule has 1 aliphatic carbocycles. The predicted octanol–water partition coefficient (Wildman–Crippen LogP) is 1.90. The molecule has 100 valence electrons. The highest BCUT2D eigenvalue weighted by Crippen LogP contribution is 2.37. The summed E-state index contributed by atoms with van der Waals surface area (Å²) in [6.07, 6.45) is 2.25. The maximum atomic E-state index is 13.8. The number of hydrogen-bond donors (Lipinski definition) is 1. The van der Waals surface area contributed by atoms with Crippen LogP contribution in [0.2, 0.25) is 0 Å². The number of aromatic nitrogens is 4. The molecule has 7 heteroatoms. The Balaban J connectivity index is 1.70. The van der Waals surface area contributed by atoms with Gasteiger partial charge in [-0.3, -0.25) is 0 Å². The normalized spacial score (nSPS) is 14.8. The van der Waals surface area contributed by atoms with E-state index < -0.39 is 0 Å². The Morgan fingerprint density at radius 2 is 2.26 bits per heavy atom. The average molecular weight is 279 g/mol. The van der Waals surface area contributed by atoms with Crippen LogP contribution in [-0.2, 0) is 12.3 Å². The maximum Gasteiger partial charge on any atom is 0.209 e. The van der Waals surface area contributed by atoms with Crippen LogP contribution in [0.1, 0.15) is 30.0 Å². The van der Waals surface area contributed by atoms with Gasteiger partial charge >= 0.3 is 0 Å². The van der Waals surface area contributed by atoms with Gasteiger partial charge in [-0.25, -0.2) is 9.07 Å². The molecule has 0 amide bonds. The lowest BCUT2D eigenvalue weighted by Crippen LogP contribution is -2.00. The molecule has 1 aromatic heterocycles. The van der Waals surface area contributed by atoms with Crippen molar-refractivity contribution in [1.29, 1.82) is 0 Å². The first kappa shape index (κ1) is 12.6. The molecule has 5 nitrogen and oxygen atoms in total. The minimum atomic E-state index is -0.221. The SMILES string of the molecule is NCc1ccc(CSc2nnnn2C2CC2)c(F)c1. The second-order valence-corrected chi connectivity index (χ2v) is 5.50. The van der Waals surface area contributed by atoms with E-state index in [1.54, 1.807) is 6.07 Å². The number of halogens is 1. The van der Waals surface area contributed by atoms with Crippen LogP contribution in [0.5, 0.6) is 0 Å². The van der Waals surface area contributed by atoms with Gasteiger partial charge in [0.1, 0.15) is 5.82 Å². The molecule has 0 atom stereocenters. The third-order valence-corrected chi connectivity index (χ3v) is 4.05. The third kappa shape index (κ3) is 2.76. The summed E-state index contributed by atoms with van der Waals surface area (Å²) in [4.78, 5) is 0. The fraction of sp³-hybridized carbons (Fsp3) is 0.417. The average Bonchev–Trinajstić information content (AvgIpc) is 3.16. The van der Waals surface area contributed by atoms with E-state index in [0.29, 0.717) is 23.9 Å². The summed E-state index contributed by atoms with van der Waals surface area (Å²) in [6.45, 7) is 0.351. The Morgan fingerprint density at radius 3 is 2.95 bits per heavy atom. The van der Waals surface area contributed by atoms with E-state index in [0.717, 1.165) is 23.6 Å². The molecule has 2 aromatic rings. The number of benzene rings is 1. The summed E-state index contributed by atoms with van der Waals surface area (Å²) in [5, 5.41) is 12.4. The molecule has 0 radical (unpaired) electrons. The molecule has 0 spiro atoms. The zero-order valence-electron chi connectivity index (χ0n) is 10.3. The highest BCUT2D eigenvalue weighted by atomic mass is 32.2. The second-order valence-electron chi connectivity index (χ2n) is 4.56. The number of hydrogen-bond acceptors (Lipinski definition) is 5. The van der Waals surface area contributed by atoms with Crippen LogP contribution in [0.3, 0.4) is 0 Å². The first-order valence-electron chi connectivity index (χ1n) is 6.16. The quantitative estimate of drug-likeness (QED) is 0.846. The number of thioether (sulfide) groups is 1. The molecule has 1 aliphatic rings. The number of nitrogens with two attached hydrogens (primary N) is 1. The molecule has 19 heavy (non-hydrogen) atoms. The van der Waals surface area contributed by atoms with Gasteiger partial charge in [0.05, 0.1) is 6.04 Å². The number of rotatable bonds is 5. The molecular formula is C12H14FN5S. The Hall–Kier alpha value is -1.47. The maximum absolute atomic E-state index is 13.8. The van der Waals surface area contributed by atoms with Gasteiger partial charge in [-0.1, -0.05) is 23.9 Å². The Kier molecular flexibility index (Phi) is 3.48. The van der Waals surface area contributed by atoms with Gasteiger partial charge in [0.15, 0.2) is 0 Å². The van der Waals surface area contributed by atoms with Crippen molar-refractivity contribution in [2.75, 3.05) is 0 Å². The van der Waals surface area contributed by atoms with Gasteiger partial charge < -0.3 is 5.73 Å². The summed E-state index contributed by atoms with van der Waals surface area (Å²) >= 11 is 1.46. The van der Waals surface area contributed by atoms with Crippen LogP contribution >= 0.6 is 11.8 Å². The molecule has 0 unspecified atom stereocenters. The minimum absolute atomic E-state index is 0.221. The summed E-state index contributed by atoms with van der Waals surface area (Å²) < 4.78 is 15.6. The first-order valence-corrected chi connectivity index (χ1v) is 7.14. The summed E-state index contributed by atoms with van der Waals surface area (Å²) in [6, 6.07) is 5.54. The van der Waals surface area contributed by atoms with E-state index >= 15 is 0 Å². The Labute approximate surface area is 114 Å². The van der Waals surface area contributed by atoms with Crippen molar-refractivity contribution in [3.05, 3.63) is 35.1 Å². The monoisotopic (exact) mass is 279 g/mol. The zero-order valence-corrected chi connectivity index (χ0v) is 11.1. The molecule has 1 aromatic carbocycles. The topological polar surface area (TPSA) is 69.6 Å². The van der Waals surface area contributed by atoms with E-state index in [1.807, 2.05) is 10.7 Å². The molecular weight excluding hydrogens is 265 g/mol. The van der Waals surface area contributed by atoms with Crippen LogP contribution in [0.15, 0.2) is 23.4 Å². The Bertz CT molecular complexity index is 581. The van der Waals surface area contributed by atoms with Crippen LogP contribution in [0.4, 0.5) is 4.39 Å². The largest absolute Gasteiger partial charge is 0.326 e. The number of tetrazole rings is 1. The zero-order chi connectivity index (χ0) is 13.2. The molecule has 0 bridgehead atoms. The minimum Gasteiger partial charge on any atom is -0.326 e. The lowest BCUT2D eigenvalue weighted by molar-refractivity contribution is 0.565. The smallest absolute Gasteiger partial charge is 0.209 e. The fourth-order valence-corrected chi connectivity index (χ4v) is 2.74. The van der Waals surface area contributed by atoms with Crippen LogP contribution in [0, 0.1) is 5.82 Å². The van der Waals surface area contributed by atoms with E-state index in [-0.39, 0.29) is 5.82 Å². The van der Waals surface area contributed by atoms with Crippen molar-refractivity contribution >= 4 is 11.8 Å².